The Balaban J connectivity index is 1.88. The maximum atomic E-state index is 13.4. The van der Waals surface area contributed by atoms with Crippen LogP contribution < -0.4 is 14.8 Å². The minimum Gasteiger partial charge on any atom is -0.496 e. The molecule has 0 aliphatic heterocycles. The van der Waals surface area contributed by atoms with Crippen LogP contribution in [0.2, 0.25) is 0 Å². The van der Waals surface area contributed by atoms with Crippen LogP contribution >= 0.6 is 0 Å². The molecule has 0 aromatic heterocycles. The fourth-order valence-electron chi connectivity index (χ4n) is 4.15. The molecule has 0 spiro atoms. The zero-order valence-corrected chi connectivity index (χ0v) is 22.0. The molecule has 0 heterocycles. The summed E-state index contributed by atoms with van der Waals surface area (Å²) in [5.74, 6) is 0.216. The molecular weight excluding hydrogens is 460 g/mol. The fourth-order valence-corrected chi connectivity index (χ4v) is 5.43. The van der Waals surface area contributed by atoms with E-state index in [1.807, 2.05) is 51.1 Å². The summed E-state index contributed by atoms with van der Waals surface area (Å²) in [6.07, 6.45) is 0.222. The third-order valence-corrected chi connectivity index (χ3v) is 7.75. The summed E-state index contributed by atoms with van der Waals surface area (Å²) < 4.78 is 34.4. The third-order valence-electron chi connectivity index (χ3n) is 6.28. The highest BCUT2D eigenvalue weighted by atomic mass is 32.2. The number of carbonyl (C=O) groups is 1. The summed E-state index contributed by atoms with van der Waals surface area (Å²) in [7, 11) is -2.42. The van der Waals surface area contributed by atoms with Crippen LogP contribution in [-0.2, 0) is 21.2 Å². The molecule has 6 nitrogen and oxygen atoms in total. The first-order valence-electron chi connectivity index (χ1n) is 11.6. The number of carbonyl (C=O) groups excluding carboxylic acids is 1. The van der Waals surface area contributed by atoms with Crippen LogP contribution in [0.15, 0.2) is 65.6 Å². The second-order valence-electron chi connectivity index (χ2n) is 9.02. The van der Waals surface area contributed by atoms with Crippen LogP contribution in [0.3, 0.4) is 0 Å². The normalized spacial score (nSPS) is 13.2. The van der Waals surface area contributed by atoms with Gasteiger partial charge < -0.3 is 10.1 Å². The number of hydrogen-bond acceptors (Lipinski definition) is 4. The van der Waals surface area contributed by atoms with E-state index in [1.165, 1.54) is 18.7 Å². The van der Waals surface area contributed by atoms with Gasteiger partial charge in [0.05, 0.1) is 18.0 Å². The first kappa shape index (κ1) is 26.4. The van der Waals surface area contributed by atoms with E-state index in [-0.39, 0.29) is 23.3 Å². The monoisotopic (exact) mass is 494 g/mol. The molecule has 2 atom stereocenters. The van der Waals surface area contributed by atoms with Gasteiger partial charge in [-0.1, -0.05) is 42.5 Å². The lowest BCUT2D eigenvalue weighted by atomic mass is 9.96. The predicted octanol–water partition coefficient (Wildman–Crippen LogP) is 4.70. The second-order valence-corrected chi connectivity index (χ2v) is 10.7. The van der Waals surface area contributed by atoms with Gasteiger partial charge in [-0.15, -0.1) is 0 Å². The van der Waals surface area contributed by atoms with Crippen molar-refractivity contribution in [1.29, 1.82) is 0 Å². The molecule has 0 aliphatic rings. The minimum atomic E-state index is -3.96. The maximum Gasteiger partial charge on any atom is 0.241 e. The predicted molar refractivity (Wildman–Crippen MR) is 139 cm³/mol. The summed E-state index contributed by atoms with van der Waals surface area (Å²) in [6, 6.07) is 16.9. The minimum absolute atomic E-state index is 0.0831. The van der Waals surface area contributed by atoms with E-state index in [9.17, 15) is 13.2 Å². The van der Waals surface area contributed by atoms with Gasteiger partial charge in [0.1, 0.15) is 11.8 Å². The van der Waals surface area contributed by atoms with Crippen LogP contribution in [0.4, 0.5) is 0 Å². The Labute approximate surface area is 208 Å². The molecule has 0 fully saturated rings. The maximum absolute atomic E-state index is 13.4. The van der Waals surface area contributed by atoms with Crippen LogP contribution in [0, 0.1) is 27.7 Å². The number of amides is 1. The zero-order chi connectivity index (χ0) is 25.8. The molecule has 1 amide bonds. The van der Waals surface area contributed by atoms with Gasteiger partial charge in [-0.25, -0.2) is 8.42 Å². The molecular formula is C28H34N2O4S. The summed E-state index contributed by atoms with van der Waals surface area (Å²) >= 11 is 0. The largest absolute Gasteiger partial charge is 0.496 e. The van der Waals surface area contributed by atoms with E-state index in [0.29, 0.717) is 11.3 Å². The number of sulfonamides is 1. The smallest absolute Gasteiger partial charge is 0.241 e. The SMILES string of the molecule is COc1ccc(S(=O)(=O)N[C@H](Cc2ccccc2)C(=O)N[C@H](C)c2cc(C)c(C)cc2C)cc1C. The lowest BCUT2D eigenvalue weighted by Crippen LogP contribution is -2.48. The van der Waals surface area contributed by atoms with Crippen molar-refractivity contribution in [2.24, 2.45) is 0 Å². The van der Waals surface area contributed by atoms with E-state index >= 15 is 0 Å². The molecule has 3 aromatic carbocycles. The molecule has 0 saturated heterocycles. The Kier molecular flexibility index (Phi) is 8.35. The van der Waals surface area contributed by atoms with Crippen molar-refractivity contribution in [3.05, 3.63) is 94.0 Å². The number of rotatable bonds is 9. The fraction of sp³-hybridized carbons (Fsp3) is 0.321. The third kappa shape index (κ3) is 6.50. The van der Waals surface area contributed by atoms with E-state index in [4.69, 9.17) is 4.74 Å². The highest BCUT2D eigenvalue weighted by molar-refractivity contribution is 7.89. The number of aryl methyl sites for hydroxylation is 4. The summed E-state index contributed by atoms with van der Waals surface area (Å²) in [5, 5.41) is 3.02. The van der Waals surface area contributed by atoms with E-state index < -0.39 is 16.1 Å². The van der Waals surface area contributed by atoms with Crippen molar-refractivity contribution in [1.82, 2.24) is 10.0 Å². The average Bonchev–Trinajstić information content (AvgIpc) is 2.81. The Morgan fingerprint density at radius 3 is 2.17 bits per heavy atom. The highest BCUT2D eigenvalue weighted by Gasteiger charge is 2.28. The van der Waals surface area contributed by atoms with Gasteiger partial charge >= 0.3 is 0 Å². The van der Waals surface area contributed by atoms with Crippen molar-refractivity contribution in [3.63, 3.8) is 0 Å². The first-order valence-corrected chi connectivity index (χ1v) is 13.1. The standard InChI is InChI=1S/C28H34N2O4S/c1-18-14-20(3)25(16-19(18)2)22(5)29-28(31)26(17-23-10-8-7-9-11-23)30-35(32,33)24-12-13-27(34-6)21(4)15-24/h7-16,22,26,30H,17H2,1-6H3,(H,29,31)/t22-,26-/m1/s1. The van der Waals surface area contributed by atoms with Gasteiger partial charge in [0.25, 0.3) is 0 Å². The molecule has 0 unspecified atom stereocenters. The van der Waals surface area contributed by atoms with Gasteiger partial charge in [0.15, 0.2) is 0 Å². The molecule has 0 bridgehead atoms. The number of benzene rings is 3. The van der Waals surface area contributed by atoms with Crippen molar-refractivity contribution in [2.45, 2.75) is 58.0 Å². The van der Waals surface area contributed by atoms with E-state index in [0.717, 1.165) is 22.3 Å². The highest BCUT2D eigenvalue weighted by Crippen LogP contribution is 2.23. The number of ether oxygens (including phenoxy) is 1. The summed E-state index contributed by atoms with van der Waals surface area (Å²) in [4.78, 5) is 13.5. The Bertz CT molecular complexity index is 1300. The quantitative estimate of drug-likeness (QED) is 0.452. The lowest BCUT2D eigenvalue weighted by Gasteiger charge is -2.23. The van der Waals surface area contributed by atoms with Crippen molar-refractivity contribution < 1.29 is 17.9 Å². The van der Waals surface area contributed by atoms with Crippen LogP contribution in [0.1, 0.15) is 46.3 Å². The van der Waals surface area contributed by atoms with Gasteiger partial charge in [0, 0.05) is 0 Å². The van der Waals surface area contributed by atoms with Crippen molar-refractivity contribution in [2.75, 3.05) is 7.11 Å². The summed E-state index contributed by atoms with van der Waals surface area (Å²) in [5.41, 5.74) is 5.97. The lowest BCUT2D eigenvalue weighted by molar-refractivity contribution is -0.123. The topological polar surface area (TPSA) is 84.5 Å². The van der Waals surface area contributed by atoms with Crippen LogP contribution in [0.25, 0.3) is 0 Å². The van der Waals surface area contributed by atoms with Gasteiger partial charge in [-0.05, 0) is 92.6 Å². The zero-order valence-electron chi connectivity index (χ0n) is 21.2. The molecule has 0 saturated carbocycles. The Morgan fingerprint density at radius 1 is 0.886 bits per heavy atom. The van der Waals surface area contributed by atoms with Gasteiger partial charge in [0.2, 0.25) is 15.9 Å². The molecule has 3 rings (SSSR count). The van der Waals surface area contributed by atoms with Crippen LogP contribution in [0.5, 0.6) is 5.75 Å². The molecule has 0 radical (unpaired) electrons. The van der Waals surface area contributed by atoms with E-state index in [2.05, 4.69) is 29.1 Å². The molecule has 0 aliphatic carbocycles. The molecule has 186 valence electrons. The van der Waals surface area contributed by atoms with Gasteiger partial charge in [-0.2, -0.15) is 4.72 Å². The molecule has 35 heavy (non-hydrogen) atoms. The number of nitrogens with one attached hydrogen (secondary N) is 2. The van der Waals surface area contributed by atoms with Crippen molar-refractivity contribution in [3.8, 4) is 5.75 Å². The summed E-state index contributed by atoms with van der Waals surface area (Å²) in [6.45, 7) is 9.80. The Morgan fingerprint density at radius 2 is 1.54 bits per heavy atom. The van der Waals surface area contributed by atoms with Crippen molar-refractivity contribution >= 4 is 15.9 Å². The second kappa shape index (κ2) is 11.1. The average molecular weight is 495 g/mol. The molecule has 7 heteroatoms. The van der Waals surface area contributed by atoms with Gasteiger partial charge in [-0.3, -0.25) is 4.79 Å². The molecule has 2 N–H and O–H groups in total. The Hall–Kier alpha value is -3.16. The molecule has 3 aromatic rings. The number of hydrogen-bond donors (Lipinski definition) is 2. The number of methoxy groups -OCH3 is 1. The van der Waals surface area contributed by atoms with E-state index in [1.54, 1.807) is 19.1 Å². The van der Waals surface area contributed by atoms with Crippen LogP contribution in [-0.4, -0.2) is 27.5 Å². The first-order chi connectivity index (χ1) is 16.5.